The average Bonchev–Trinajstić information content (AvgIpc) is 3.01. The van der Waals surface area contributed by atoms with Gasteiger partial charge in [-0.2, -0.15) is 0 Å². The van der Waals surface area contributed by atoms with E-state index in [1.165, 1.54) is 37.8 Å². The highest BCUT2D eigenvalue weighted by molar-refractivity contribution is 5.57. The van der Waals surface area contributed by atoms with Crippen LogP contribution in [0.2, 0.25) is 0 Å². The number of benzene rings is 1. The second-order valence-electron chi connectivity index (χ2n) is 5.24. The zero-order valence-electron chi connectivity index (χ0n) is 11.6. The Kier molecular flexibility index (Phi) is 3.63. The van der Waals surface area contributed by atoms with Crippen molar-refractivity contribution >= 4 is 5.82 Å². The molecule has 1 heterocycles. The summed E-state index contributed by atoms with van der Waals surface area (Å²) >= 11 is 0. The Morgan fingerprint density at radius 3 is 2.65 bits per heavy atom. The standard InChI is InChI=1S/C16H18FN3/c1-18-15-10-14(11-5-2-3-6-11)19-16(20-15)12-7-4-8-13(17)9-12/h4,7-11H,2-3,5-6H2,1H3,(H,18,19,20). The first kappa shape index (κ1) is 13.0. The molecule has 1 fully saturated rings. The molecule has 20 heavy (non-hydrogen) atoms. The lowest BCUT2D eigenvalue weighted by molar-refractivity contribution is 0.628. The van der Waals surface area contributed by atoms with Crippen LogP contribution in [-0.4, -0.2) is 17.0 Å². The Morgan fingerprint density at radius 1 is 1.15 bits per heavy atom. The molecule has 1 aliphatic rings. The summed E-state index contributed by atoms with van der Waals surface area (Å²) in [6.45, 7) is 0. The van der Waals surface area contributed by atoms with Gasteiger partial charge in [-0.25, -0.2) is 14.4 Å². The first-order valence-corrected chi connectivity index (χ1v) is 7.09. The number of anilines is 1. The quantitative estimate of drug-likeness (QED) is 0.917. The van der Waals surface area contributed by atoms with Crippen LogP contribution in [0, 0.1) is 5.82 Å². The van der Waals surface area contributed by atoms with Crippen molar-refractivity contribution in [3.63, 3.8) is 0 Å². The van der Waals surface area contributed by atoms with Gasteiger partial charge < -0.3 is 5.32 Å². The molecule has 3 nitrogen and oxygen atoms in total. The van der Waals surface area contributed by atoms with E-state index < -0.39 is 0 Å². The molecule has 1 aromatic heterocycles. The summed E-state index contributed by atoms with van der Waals surface area (Å²) in [6, 6.07) is 8.46. The van der Waals surface area contributed by atoms with Crippen molar-refractivity contribution in [2.45, 2.75) is 31.6 Å². The largest absolute Gasteiger partial charge is 0.373 e. The number of rotatable bonds is 3. The summed E-state index contributed by atoms with van der Waals surface area (Å²) in [5, 5.41) is 3.07. The normalized spacial score (nSPS) is 15.5. The maximum atomic E-state index is 13.4. The van der Waals surface area contributed by atoms with Crippen molar-refractivity contribution < 1.29 is 4.39 Å². The number of hydrogen-bond acceptors (Lipinski definition) is 3. The molecule has 1 aliphatic carbocycles. The fourth-order valence-electron chi connectivity index (χ4n) is 2.78. The second-order valence-corrected chi connectivity index (χ2v) is 5.24. The van der Waals surface area contributed by atoms with Gasteiger partial charge in [0.25, 0.3) is 0 Å². The molecule has 1 N–H and O–H groups in total. The van der Waals surface area contributed by atoms with Crippen LogP contribution in [-0.2, 0) is 0 Å². The molecule has 1 saturated carbocycles. The van der Waals surface area contributed by atoms with Crippen LogP contribution in [0.25, 0.3) is 11.4 Å². The van der Waals surface area contributed by atoms with E-state index in [4.69, 9.17) is 0 Å². The van der Waals surface area contributed by atoms with Gasteiger partial charge in [-0.15, -0.1) is 0 Å². The highest BCUT2D eigenvalue weighted by Crippen LogP contribution is 2.34. The molecular weight excluding hydrogens is 253 g/mol. The molecule has 0 unspecified atom stereocenters. The number of hydrogen-bond donors (Lipinski definition) is 1. The van der Waals surface area contributed by atoms with Crippen LogP contribution in [0.1, 0.15) is 37.3 Å². The monoisotopic (exact) mass is 271 g/mol. The van der Waals surface area contributed by atoms with E-state index in [9.17, 15) is 4.39 Å². The lowest BCUT2D eigenvalue weighted by Crippen LogP contribution is -2.04. The van der Waals surface area contributed by atoms with Crippen LogP contribution >= 0.6 is 0 Å². The Bertz CT molecular complexity index is 606. The minimum atomic E-state index is -0.261. The summed E-state index contributed by atoms with van der Waals surface area (Å²) in [4.78, 5) is 9.10. The lowest BCUT2D eigenvalue weighted by atomic mass is 10.0. The van der Waals surface area contributed by atoms with Gasteiger partial charge in [-0.05, 0) is 25.0 Å². The lowest BCUT2D eigenvalue weighted by Gasteiger charge is -2.12. The molecule has 4 heteroatoms. The molecule has 0 amide bonds. The van der Waals surface area contributed by atoms with Crippen LogP contribution in [0.4, 0.5) is 10.2 Å². The van der Waals surface area contributed by atoms with Gasteiger partial charge in [0, 0.05) is 30.3 Å². The summed E-state index contributed by atoms with van der Waals surface area (Å²) in [7, 11) is 1.84. The van der Waals surface area contributed by atoms with Gasteiger partial charge in [0.2, 0.25) is 0 Å². The van der Waals surface area contributed by atoms with Crippen LogP contribution in [0.3, 0.4) is 0 Å². The molecule has 1 aromatic carbocycles. The smallest absolute Gasteiger partial charge is 0.161 e. The molecule has 0 spiro atoms. The number of aromatic nitrogens is 2. The Labute approximate surface area is 118 Å². The van der Waals surface area contributed by atoms with E-state index >= 15 is 0 Å². The first-order valence-electron chi connectivity index (χ1n) is 7.09. The Morgan fingerprint density at radius 2 is 1.95 bits per heavy atom. The van der Waals surface area contributed by atoms with Crippen molar-refractivity contribution in [2.75, 3.05) is 12.4 Å². The third-order valence-corrected chi connectivity index (χ3v) is 3.86. The van der Waals surface area contributed by atoms with Crippen molar-refractivity contribution in [3.05, 3.63) is 41.8 Å². The molecule has 104 valence electrons. The molecule has 3 rings (SSSR count). The van der Waals surface area contributed by atoms with Gasteiger partial charge in [-0.1, -0.05) is 25.0 Å². The molecule has 0 aliphatic heterocycles. The predicted molar refractivity (Wildman–Crippen MR) is 78.2 cm³/mol. The minimum absolute atomic E-state index is 0.261. The zero-order chi connectivity index (χ0) is 13.9. The molecule has 0 radical (unpaired) electrons. The molecule has 2 aromatic rings. The maximum absolute atomic E-state index is 13.4. The molecule has 0 bridgehead atoms. The zero-order valence-corrected chi connectivity index (χ0v) is 11.6. The molecule has 0 saturated heterocycles. The van der Waals surface area contributed by atoms with E-state index in [0.717, 1.165) is 17.1 Å². The fraction of sp³-hybridized carbons (Fsp3) is 0.375. The van der Waals surface area contributed by atoms with Crippen LogP contribution < -0.4 is 5.32 Å². The average molecular weight is 271 g/mol. The predicted octanol–water partition coefficient (Wildman–Crippen LogP) is 3.98. The van der Waals surface area contributed by atoms with Crippen molar-refractivity contribution in [3.8, 4) is 11.4 Å². The van der Waals surface area contributed by atoms with Crippen LogP contribution in [0.5, 0.6) is 0 Å². The van der Waals surface area contributed by atoms with Gasteiger partial charge >= 0.3 is 0 Å². The van der Waals surface area contributed by atoms with Crippen molar-refractivity contribution in [2.24, 2.45) is 0 Å². The third kappa shape index (κ3) is 2.64. The van der Waals surface area contributed by atoms with E-state index in [2.05, 4.69) is 15.3 Å². The van der Waals surface area contributed by atoms with Crippen molar-refractivity contribution in [1.29, 1.82) is 0 Å². The van der Waals surface area contributed by atoms with Crippen molar-refractivity contribution in [1.82, 2.24) is 9.97 Å². The topological polar surface area (TPSA) is 37.8 Å². The first-order chi connectivity index (χ1) is 9.76. The number of nitrogens with one attached hydrogen (secondary N) is 1. The van der Waals surface area contributed by atoms with Gasteiger partial charge in [0.15, 0.2) is 5.82 Å². The highest BCUT2D eigenvalue weighted by atomic mass is 19.1. The van der Waals surface area contributed by atoms with E-state index in [1.54, 1.807) is 6.07 Å². The van der Waals surface area contributed by atoms with Gasteiger partial charge in [0.05, 0.1) is 0 Å². The maximum Gasteiger partial charge on any atom is 0.161 e. The minimum Gasteiger partial charge on any atom is -0.373 e. The van der Waals surface area contributed by atoms with E-state index in [1.807, 2.05) is 19.2 Å². The Balaban J connectivity index is 2.03. The molecular formula is C16H18FN3. The summed E-state index contributed by atoms with van der Waals surface area (Å²) in [5.74, 6) is 1.64. The Hall–Kier alpha value is -1.97. The SMILES string of the molecule is CNc1cc(C2CCCC2)nc(-c2cccc(F)c2)n1. The summed E-state index contributed by atoms with van der Waals surface area (Å²) < 4.78 is 13.4. The highest BCUT2D eigenvalue weighted by Gasteiger charge is 2.20. The van der Waals surface area contributed by atoms with Gasteiger partial charge in [-0.3, -0.25) is 0 Å². The molecule has 0 atom stereocenters. The van der Waals surface area contributed by atoms with E-state index in [-0.39, 0.29) is 5.82 Å². The summed E-state index contributed by atoms with van der Waals surface area (Å²) in [5.41, 5.74) is 1.79. The number of nitrogens with zero attached hydrogens (tertiary/aromatic N) is 2. The van der Waals surface area contributed by atoms with E-state index in [0.29, 0.717) is 11.7 Å². The second kappa shape index (κ2) is 5.57. The van der Waals surface area contributed by atoms with Crippen LogP contribution in [0.15, 0.2) is 30.3 Å². The third-order valence-electron chi connectivity index (χ3n) is 3.86. The fourth-order valence-corrected chi connectivity index (χ4v) is 2.78. The summed E-state index contributed by atoms with van der Waals surface area (Å²) in [6.07, 6.45) is 4.89. The van der Waals surface area contributed by atoms with Gasteiger partial charge in [0.1, 0.15) is 11.6 Å². The number of halogens is 1.